The molecule has 1 amide bonds. The summed E-state index contributed by atoms with van der Waals surface area (Å²) in [7, 11) is 0. The molecule has 0 aliphatic carbocycles. The summed E-state index contributed by atoms with van der Waals surface area (Å²) in [6.45, 7) is 9.38. The molecule has 106 valence electrons. The highest BCUT2D eigenvalue weighted by atomic mass is 16.6. The lowest BCUT2D eigenvalue weighted by atomic mass is 9.76. The van der Waals surface area contributed by atoms with Crippen LogP contribution >= 0.6 is 0 Å². The fraction of sp³-hybridized carbons (Fsp3) is 0.929. The molecular weight excluding hydrogens is 230 g/mol. The number of aliphatic hydroxyl groups is 1. The summed E-state index contributed by atoms with van der Waals surface area (Å²) >= 11 is 0. The predicted octanol–water partition coefficient (Wildman–Crippen LogP) is 2.80. The summed E-state index contributed by atoms with van der Waals surface area (Å²) in [5, 5.41) is 9.55. The van der Waals surface area contributed by atoms with Crippen LogP contribution in [-0.4, -0.2) is 41.4 Å². The molecule has 0 saturated carbocycles. The van der Waals surface area contributed by atoms with E-state index in [1.807, 2.05) is 20.8 Å². The van der Waals surface area contributed by atoms with Crippen LogP contribution in [-0.2, 0) is 4.74 Å². The Balaban J connectivity index is 2.50. The number of amides is 1. The summed E-state index contributed by atoms with van der Waals surface area (Å²) in [5.41, 5.74) is -0.417. The average Bonchev–Trinajstić information content (AvgIpc) is 2.28. The predicted molar refractivity (Wildman–Crippen MR) is 71.5 cm³/mol. The second-order valence-corrected chi connectivity index (χ2v) is 6.38. The number of aliphatic hydroxyl groups excluding tert-OH is 1. The Morgan fingerprint density at radius 2 is 1.89 bits per heavy atom. The minimum absolute atomic E-state index is 0.0211. The zero-order valence-electron chi connectivity index (χ0n) is 12.2. The molecule has 18 heavy (non-hydrogen) atoms. The molecule has 0 unspecified atom stereocenters. The molecule has 1 aliphatic heterocycles. The minimum atomic E-state index is -0.438. The van der Waals surface area contributed by atoms with Gasteiger partial charge in [-0.2, -0.15) is 0 Å². The van der Waals surface area contributed by atoms with Gasteiger partial charge in [0, 0.05) is 19.7 Å². The van der Waals surface area contributed by atoms with E-state index < -0.39 is 5.60 Å². The normalized spacial score (nSPS) is 19.7. The number of hydrogen-bond acceptors (Lipinski definition) is 3. The van der Waals surface area contributed by atoms with Crippen molar-refractivity contribution in [2.45, 2.75) is 59.0 Å². The summed E-state index contributed by atoms with van der Waals surface area (Å²) in [4.78, 5) is 13.7. The van der Waals surface area contributed by atoms with Gasteiger partial charge in [-0.05, 0) is 45.4 Å². The molecule has 1 aliphatic rings. The molecule has 1 fully saturated rings. The van der Waals surface area contributed by atoms with Crippen LogP contribution in [0.1, 0.15) is 53.4 Å². The summed E-state index contributed by atoms with van der Waals surface area (Å²) in [5.74, 6) is 0. The van der Waals surface area contributed by atoms with Gasteiger partial charge >= 0.3 is 6.09 Å². The highest BCUT2D eigenvalue weighted by molar-refractivity contribution is 5.68. The van der Waals surface area contributed by atoms with Crippen molar-refractivity contribution in [3.8, 4) is 0 Å². The molecule has 0 atom stereocenters. The molecule has 0 bridgehead atoms. The molecule has 1 heterocycles. The Bertz CT molecular complexity index is 275. The Morgan fingerprint density at radius 3 is 2.28 bits per heavy atom. The smallest absolute Gasteiger partial charge is 0.410 e. The fourth-order valence-corrected chi connectivity index (χ4v) is 2.51. The molecule has 0 aromatic rings. The van der Waals surface area contributed by atoms with E-state index in [-0.39, 0.29) is 18.1 Å². The number of piperidine rings is 1. The van der Waals surface area contributed by atoms with E-state index >= 15 is 0 Å². The van der Waals surface area contributed by atoms with Crippen molar-refractivity contribution in [2.75, 3.05) is 19.7 Å². The Kier molecular flexibility index (Phi) is 5.02. The van der Waals surface area contributed by atoms with Gasteiger partial charge in [-0.25, -0.2) is 4.79 Å². The molecule has 0 aromatic carbocycles. The average molecular weight is 257 g/mol. The fourth-order valence-electron chi connectivity index (χ4n) is 2.51. The maximum atomic E-state index is 11.9. The van der Waals surface area contributed by atoms with Gasteiger partial charge in [0.2, 0.25) is 0 Å². The Morgan fingerprint density at radius 1 is 1.33 bits per heavy atom. The first-order valence-corrected chi connectivity index (χ1v) is 6.91. The molecule has 4 nitrogen and oxygen atoms in total. The SMILES string of the molecule is CCCC1(CO)CCN(C(=O)OC(C)(C)C)CC1. The minimum Gasteiger partial charge on any atom is -0.444 e. The van der Waals surface area contributed by atoms with Gasteiger partial charge in [0.15, 0.2) is 0 Å². The van der Waals surface area contributed by atoms with Crippen LogP contribution in [0.25, 0.3) is 0 Å². The molecular formula is C14H27NO3. The monoisotopic (exact) mass is 257 g/mol. The number of likely N-dealkylation sites (tertiary alicyclic amines) is 1. The first-order chi connectivity index (χ1) is 8.32. The van der Waals surface area contributed by atoms with Crippen molar-refractivity contribution < 1.29 is 14.6 Å². The molecule has 1 N–H and O–H groups in total. The molecule has 0 spiro atoms. The maximum Gasteiger partial charge on any atom is 0.410 e. The molecule has 4 heteroatoms. The highest BCUT2D eigenvalue weighted by Crippen LogP contribution is 2.35. The van der Waals surface area contributed by atoms with Gasteiger partial charge in [-0.3, -0.25) is 0 Å². The molecule has 0 aromatic heterocycles. The number of hydrogen-bond donors (Lipinski definition) is 1. The van der Waals surface area contributed by atoms with Crippen LogP contribution in [0.3, 0.4) is 0 Å². The van der Waals surface area contributed by atoms with Gasteiger partial charge in [-0.1, -0.05) is 13.3 Å². The Hall–Kier alpha value is -0.770. The van der Waals surface area contributed by atoms with E-state index in [1.54, 1.807) is 4.90 Å². The standard InChI is InChI=1S/C14H27NO3/c1-5-6-14(11-16)7-9-15(10-8-14)12(17)18-13(2,3)4/h16H,5-11H2,1-4H3. The number of ether oxygens (including phenoxy) is 1. The maximum absolute atomic E-state index is 11.9. The van der Waals surface area contributed by atoms with Gasteiger partial charge in [0.05, 0.1) is 0 Å². The third-order valence-corrected chi connectivity index (χ3v) is 3.59. The first kappa shape index (κ1) is 15.3. The van der Waals surface area contributed by atoms with Crippen LogP contribution in [0.5, 0.6) is 0 Å². The number of nitrogens with zero attached hydrogens (tertiary/aromatic N) is 1. The third kappa shape index (κ3) is 4.16. The van der Waals surface area contributed by atoms with Crippen molar-refractivity contribution in [1.82, 2.24) is 4.90 Å². The second kappa shape index (κ2) is 5.91. The van der Waals surface area contributed by atoms with E-state index in [2.05, 4.69) is 6.92 Å². The van der Waals surface area contributed by atoms with Gasteiger partial charge in [-0.15, -0.1) is 0 Å². The van der Waals surface area contributed by atoms with E-state index in [9.17, 15) is 9.90 Å². The van der Waals surface area contributed by atoms with Crippen molar-refractivity contribution >= 4 is 6.09 Å². The number of rotatable bonds is 3. The van der Waals surface area contributed by atoms with Gasteiger partial charge in [0.25, 0.3) is 0 Å². The van der Waals surface area contributed by atoms with E-state index in [4.69, 9.17) is 4.74 Å². The van der Waals surface area contributed by atoms with Crippen LogP contribution in [0.15, 0.2) is 0 Å². The summed E-state index contributed by atoms with van der Waals surface area (Å²) in [6.07, 6.45) is 3.62. The number of carbonyl (C=O) groups excluding carboxylic acids is 1. The lowest BCUT2D eigenvalue weighted by Gasteiger charge is -2.40. The van der Waals surface area contributed by atoms with Crippen molar-refractivity contribution in [2.24, 2.45) is 5.41 Å². The van der Waals surface area contributed by atoms with Crippen molar-refractivity contribution in [3.05, 3.63) is 0 Å². The van der Waals surface area contributed by atoms with E-state index in [1.165, 1.54) is 0 Å². The molecule has 0 radical (unpaired) electrons. The van der Waals surface area contributed by atoms with E-state index in [0.29, 0.717) is 13.1 Å². The van der Waals surface area contributed by atoms with Crippen molar-refractivity contribution in [3.63, 3.8) is 0 Å². The lowest BCUT2D eigenvalue weighted by molar-refractivity contribution is -0.00260. The topological polar surface area (TPSA) is 49.8 Å². The van der Waals surface area contributed by atoms with E-state index in [0.717, 1.165) is 25.7 Å². The summed E-state index contributed by atoms with van der Waals surface area (Å²) in [6, 6.07) is 0. The Labute approximate surface area is 110 Å². The molecule has 1 rings (SSSR count). The van der Waals surface area contributed by atoms with Gasteiger partial charge in [0.1, 0.15) is 5.60 Å². The van der Waals surface area contributed by atoms with Crippen LogP contribution in [0.4, 0.5) is 4.79 Å². The quantitative estimate of drug-likeness (QED) is 0.845. The van der Waals surface area contributed by atoms with Crippen LogP contribution < -0.4 is 0 Å². The highest BCUT2D eigenvalue weighted by Gasteiger charge is 2.35. The second-order valence-electron chi connectivity index (χ2n) is 6.38. The molecule has 1 saturated heterocycles. The van der Waals surface area contributed by atoms with Gasteiger partial charge < -0.3 is 14.7 Å². The summed E-state index contributed by atoms with van der Waals surface area (Å²) < 4.78 is 5.36. The zero-order valence-corrected chi connectivity index (χ0v) is 12.2. The number of carbonyl (C=O) groups is 1. The first-order valence-electron chi connectivity index (χ1n) is 6.91. The van der Waals surface area contributed by atoms with Crippen LogP contribution in [0, 0.1) is 5.41 Å². The van der Waals surface area contributed by atoms with Crippen molar-refractivity contribution in [1.29, 1.82) is 0 Å². The largest absolute Gasteiger partial charge is 0.444 e. The zero-order chi connectivity index (χ0) is 13.8. The third-order valence-electron chi connectivity index (χ3n) is 3.59. The lowest BCUT2D eigenvalue weighted by Crippen LogP contribution is -2.46. The van der Waals surface area contributed by atoms with Crippen LogP contribution in [0.2, 0.25) is 0 Å².